The first-order valence-electron chi connectivity index (χ1n) is 11.5. The zero-order valence-corrected chi connectivity index (χ0v) is 18.4. The monoisotopic (exact) mass is 460 g/mol. The third kappa shape index (κ3) is 6.44. The first-order valence-corrected chi connectivity index (χ1v) is 11.5. The van der Waals surface area contributed by atoms with Gasteiger partial charge in [0.05, 0.1) is 0 Å². The van der Waals surface area contributed by atoms with E-state index in [1.54, 1.807) is 6.07 Å². The minimum Gasteiger partial charge on any atom is -0.350 e. The summed E-state index contributed by atoms with van der Waals surface area (Å²) in [7, 11) is 0. The van der Waals surface area contributed by atoms with Crippen molar-refractivity contribution in [1.82, 2.24) is 10.2 Å². The van der Waals surface area contributed by atoms with Crippen LogP contribution in [-0.4, -0.2) is 36.5 Å². The van der Waals surface area contributed by atoms with Gasteiger partial charge < -0.3 is 10.2 Å². The van der Waals surface area contributed by atoms with Crippen molar-refractivity contribution in [1.29, 1.82) is 0 Å². The largest absolute Gasteiger partial charge is 0.350 e. The Balaban J connectivity index is 1.20. The summed E-state index contributed by atoms with van der Waals surface area (Å²) in [5.41, 5.74) is 1.17. The van der Waals surface area contributed by atoms with E-state index in [0.717, 1.165) is 63.4 Å². The molecular weight excluding hydrogens is 432 g/mol. The number of nitrogens with zero attached hydrogens (tertiary/aromatic N) is 1. The van der Waals surface area contributed by atoms with Gasteiger partial charge in [0.25, 0.3) is 0 Å². The highest BCUT2D eigenvalue weighted by Gasteiger charge is 2.29. The molecule has 1 saturated heterocycles. The maximum atomic E-state index is 13.5. The number of halogens is 4. The lowest BCUT2D eigenvalue weighted by molar-refractivity contribution is -0.117. The number of amides is 1. The van der Waals surface area contributed by atoms with E-state index < -0.39 is 23.3 Å². The number of rotatable bonds is 6. The number of hydrogen-bond donors (Lipinski definition) is 1. The van der Waals surface area contributed by atoms with Crippen LogP contribution in [0.15, 0.2) is 42.5 Å². The molecule has 1 amide bonds. The topological polar surface area (TPSA) is 32.3 Å². The van der Waals surface area contributed by atoms with Crippen LogP contribution in [0.25, 0.3) is 6.08 Å². The lowest BCUT2D eigenvalue weighted by Crippen LogP contribution is -2.37. The van der Waals surface area contributed by atoms with Gasteiger partial charge in [-0.15, -0.1) is 0 Å². The normalized spacial score (nSPS) is 22.2. The molecule has 1 heterocycles. The third-order valence-electron chi connectivity index (χ3n) is 6.72. The Kier molecular flexibility index (Phi) is 7.48. The molecule has 3 nitrogen and oxygen atoms in total. The first-order chi connectivity index (χ1) is 15.9. The Hall–Kier alpha value is -2.67. The zero-order valence-electron chi connectivity index (χ0n) is 18.4. The van der Waals surface area contributed by atoms with Gasteiger partial charge in [0.15, 0.2) is 11.6 Å². The Labute approximate surface area is 191 Å². The van der Waals surface area contributed by atoms with Crippen molar-refractivity contribution < 1.29 is 22.4 Å². The molecule has 2 atom stereocenters. The molecule has 0 spiro atoms. The highest BCUT2D eigenvalue weighted by Crippen LogP contribution is 2.32. The average molecular weight is 461 g/mol. The molecule has 1 aliphatic heterocycles. The van der Waals surface area contributed by atoms with E-state index in [1.165, 1.54) is 36.4 Å². The van der Waals surface area contributed by atoms with Crippen LogP contribution >= 0.6 is 0 Å². The van der Waals surface area contributed by atoms with Gasteiger partial charge in [-0.3, -0.25) is 4.79 Å². The lowest BCUT2D eigenvalue weighted by Gasteiger charge is -2.33. The Morgan fingerprint density at radius 1 is 0.939 bits per heavy atom. The second-order valence-electron chi connectivity index (χ2n) is 9.17. The second-order valence-corrected chi connectivity index (χ2v) is 9.17. The number of piperidine rings is 1. The molecule has 0 radical (unpaired) electrons. The van der Waals surface area contributed by atoms with E-state index in [9.17, 15) is 22.4 Å². The number of likely N-dealkylation sites (tertiary alicyclic amines) is 1. The summed E-state index contributed by atoms with van der Waals surface area (Å²) >= 11 is 0. The average Bonchev–Trinajstić information content (AvgIpc) is 3.21. The Morgan fingerprint density at radius 2 is 1.67 bits per heavy atom. The van der Waals surface area contributed by atoms with Crippen LogP contribution in [0.1, 0.15) is 49.1 Å². The predicted molar refractivity (Wildman–Crippen MR) is 119 cm³/mol. The molecule has 2 unspecified atom stereocenters. The molecule has 7 heteroatoms. The molecule has 2 fully saturated rings. The van der Waals surface area contributed by atoms with Gasteiger partial charge in [0, 0.05) is 24.7 Å². The highest BCUT2D eigenvalue weighted by atomic mass is 19.2. The summed E-state index contributed by atoms with van der Waals surface area (Å²) in [6.07, 6.45) is 7.40. The van der Waals surface area contributed by atoms with Gasteiger partial charge in [-0.1, -0.05) is 6.07 Å². The molecule has 176 valence electrons. The summed E-state index contributed by atoms with van der Waals surface area (Å²) in [6.45, 7) is 2.81. The zero-order chi connectivity index (χ0) is 23.4. The first kappa shape index (κ1) is 23.5. The van der Waals surface area contributed by atoms with E-state index in [-0.39, 0.29) is 17.9 Å². The van der Waals surface area contributed by atoms with Crippen LogP contribution in [0, 0.1) is 29.2 Å². The van der Waals surface area contributed by atoms with Crippen molar-refractivity contribution >= 4 is 12.0 Å². The minimum absolute atomic E-state index is 0.0936. The van der Waals surface area contributed by atoms with Crippen molar-refractivity contribution in [2.24, 2.45) is 5.92 Å². The minimum atomic E-state index is -0.808. The SMILES string of the molecule is O=C(/C=C/c1cc(F)cc(F)c1)NC1CCC(CN2CCC(c3ccc(F)c(F)c3)CC2)C1. The fraction of sp³-hybridized carbons (Fsp3) is 0.423. The highest BCUT2D eigenvalue weighted by molar-refractivity contribution is 5.91. The number of benzene rings is 2. The summed E-state index contributed by atoms with van der Waals surface area (Å²) < 4.78 is 53.2. The molecule has 1 saturated carbocycles. The Bertz CT molecular complexity index is 997. The van der Waals surface area contributed by atoms with E-state index in [4.69, 9.17) is 0 Å². The lowest BCUT2D eigenvalue weighted by atomic mass is 9.89. The van der Waals surface area contributed by atoms with Crippen molar-refractivity contribution in [3.8, 4) is 0 Å². The van der Waals surface area contributed by atoms with Crippen molar-refractivity contribution in [2.75, 3.05) is 19.6 Å². The van der Waals surface area contributed by atoms with Gasteiger partial charge in [-0.25, -0.2) is 17.6 Å². The quantitative estimate of drug-likeness (QED) is 0.461. The van der Waals surface area contributed by atoms with Crippen LogP contribution in [0.5, 0.6) is 0 Å². The van der Waals surface area contributed by atoms with E-state index in [1.807, 2.05) is 0 Å². The van der Waals surface area contributed by atoms with Gasteiger partial charge in [-0.2, -0.15) is 0 Å². The van der Waals surface area contributed by atoms with E-state index in [2.05, 4.69) is 10.2 Å². The molecule has 0 aromatic heterocycles. The summed E-state index contributed by atoms with van der Waals surface area (Å²) in [5, 5.41) is 2.99. The smallest absolute Gasteiger partial charge is 0.244 e. The predicted octanol–water partition coefficient (Wildman–Crippen LogP) is 5.42. The van der Waals surface area contributed by atoms with Crippen LogP contribution in [0.2, 0.25) is 0 Å². The van der Waals surface area contributed by atoms with Crippen LogP contribution in [0.4, 0.5) is 17.6 Å². The molecule has 1 N–H and O–H groups in total. The standard InChI is InChI=1S/C26H28F4N2O/c27-21-11-17(12-22(28)15-21)2-6-26(33)31-23-4-1-18(13-23)16-32-9-7-19(8-10-32)20-3-5-24(29)25(30)14-20/h2-3,5-6,11-12,14-15,18-19,23H,1,4,7-10,13,16H2,(H,31,33)/b6-2+. The van der Waals surface area contributed by atoms with Gasteiger partial charge in [0.1, 0.15) is 11.6 Å². The Morgan fingerprint density at radius 3 is 2.36 bits per heavy atom. The van der Waals surface area contributed by atoms with Crippen molar-refractivity contribution in [3.05, 3.63) is 76.9 Å². The molecule has 4 rings (SSSR count). The molecule has 1 aliphatic carbocycles. The molecule has 2 aliphatic rings. The van der Waals surface area contributed by atoms with Crippen LogP contribution < -0.4 is 5.32 Å². The molecule has 2 aromatic rings. The number of carbonyl (C=O) groups excluding carboxylic acids is 1. The molecule has 0 bridgehead atoms. The van der Waals surface area contributed by atoms with Crippen molar-refractivity contribution in [2.45, 2.75) is 44.1 Å². The molecule has 33 heavy (non-hydrogen) atoms. The maximum Gasteiger partial charge on any atom is 0.244 e. The number of carbonyl (C=O) groups is 1. The van der Waals surface area contributed by atoms with Gasteiger partial charge in [-0.05, 0) is 98.5 Å². The number of nitrogens with one attached hydrogen (secondary N) is 1. The summed E-state index contributed by atoms with van der Waals surface area (Å²) in [5.74, 6) is -2.46. The maximum absolute atomic E-state index is 13.5. The number of hydrogen-bond acceptors (Lipinski definition) is 2. The van der Waals surface area contributed by atoms with Crippen LogP contribution in [-0.2, 0) is 4.79 Å². The summed E-state index contributed by atoms with van der Waals surface area (Å²) in [4.78, 5) is 14.6. The molecular formula is C26H28F4N2O. The van der Waals surface area contributed by atoms with Crippen molar-refractivity contribution in [3.63, 3.8) is 0 Å². The van der Waals surface area contributed by atoms with Gasteiger partial charge in [0.2, 0.25) is 5.91 Å². The fourth-order valence-electron chi connectivity index (χ4n) is 5.04. The van der Waals surface area contributed by atoms with E-state index in [0.29, 0.717) is 11.5 Å². The second kappa shape index (κ2) is 10.5. The fourth-order valence-corrected chi connectivity index (χ4v) is 5.04. The van der Waals surface area contributed by atoms with Crippen LogP contribution in [0.3, 0.4) is 0 Å². The third-order valence-corrected chi connectivity index (χ3v) is 6.72. The summed E-state index contributed by atoms with van der Waals surface area (Å²) in [6, 6.07) is 7.44. The van der Waals surface area contributed by atoms with E-state index >= 15 is 0 Å². The van der Waals surface area contributed by atoms with Gasteiger partial charge >= 0.3 is 0 Å². The molecule has 2 aromatic carbocycles.